The molecule has 0 atom stereocenters. The standard InChI is InChI=1S/C11H7ClN2O2/c1-6-2-3-8(16-6)7-4-15-11-9(7)10(12)13-5-14-11/h2-5H,1H3. The molecule has 0 aliphatic heterocycles. The molecule has 80 valence electrons. The van der Waals surface area contributed by atoms with E-state index in [0.717, 1.165) is 11.3 Å². The van der Waals surface area contributed by atoms with Gasteiger partial charge in [0.25, 0.3) is 0 Å². The number of rotatable bonds is 1. The van der Waals surface area contributed by atoms with Gasteiger partial charge < -0.3 is 8.83 Å². The van der Waals surface area contributed by atoms with Gasteiger partial charge in [0, 0.05) is 0 Å². The normalized spacial score (nSPS) is 11.1. The summed E-state index contributed by atoms with van der Waals surface area (Å²) in [7, 11) is 0. The average Bonchev–Trinajstić information content (AvgIpc) is 2.84. The molecule has 0 saturated heterocycles. The monoisotopic (exact) mass is 234 g/mol. The topological polar surface area (TPSA) is 52.1 Å². The highest BCUT2D eigenvalue weighted by Crippen LogP contribution is 2.33. The molecule has 3 heterocycles. The lowest BCUT2D eigenvalue weighted by molar-refractivity contribution is 0.545. The van der Waals surface area contributed by atoms with E-state index in [4.69, 9.17) is 20.4 Å². The molecule has 0 saturated carbocycles. The SMILES string of the molecule is Cc1ccc(-c2coc3ncnc(Cl)c23)o1. The van der Waals surface area contributed by atoms with Crippen LogP contribution in [0.4, 0.5) is 0 Å². The minimum atomic E-state index is 0.364. The van der Waals surface area contributed by atoms with Crippen molar-refractivity contribution in [3.8, 4) is 11.3 Å². The molecule has 0 spiro atoms. The van der Waals surface area contributed by atoms with Gasteiger partial charge in [0.05, 0.1) is 10.9 Å². The summed E-state index contributed by atoms with van der Waals surface area (Å²) in [6, 6.07) is 3.74. The van der Waals surface area contributed by atoms with Gasteiger partial charge in [-0.3, -0.25) is 0 Å². The molecule has 0 radical (unpaired) electrons. The van der Waals surface area contributed by atoms with E-state index in [1.165, 1.54) is 6.33 Å². The molecule has 3 aromatic heterocycles. The van der Waals surface area contributed by atoms with Crippen LogP contribution in [0.3, 0.4) is 0 Å². The van der Waals surface area contributed by atoms with Crippen LogP contribution in [-0.2, 0) is 0 Å². The van der Waals surface area contributed by atoms with Gasteiger partial charge in [0.2, 0.25) is 5.71 Å². The predicted octanol–water partition coefficient (Wildman–Crippen LogP) is 3.44. The van der Waals surface area contributed by atoms with Gasteiger partial charge in [-0.05, 0) is 19.1 Å². The maximum atomic E-state index is 6.01. The van der Waals surface area contributed by atoms with Gasteiger partial charge >= 0.3 is 0 Å². The molecular formula is C11H7ClN2O2. The lowest BCUT2D eigenvalue weighted by Gasteiger charge is -1.94. The van der Waals surface area contributed by atoms with Crippen molar-refractivity contribution in [3.05, 3.63) is 35.6 Å². The Balaban J connectivity index is 2.32. The van der Waals surface area contributed by atoms with E-state index in [-0.39, 0.29) is 0 Å². The number of hydrogen-bond acceptors (Lipinski definition) is 4. The Labute approximate surface area is 95.9 Å². The van der Waals surface area contributed by atoms with E-state index in [2.05, 4.69) is 9.97 Å². The summed E-state index contributed by atoms with van der Waals surface area (Å²) in [5, 5.41) is 1.04. The first-order valence-electron chi connectivity index (χ1n) is 4.70. The van der Waals surface area contributed by atoms with Gasteiger partial charge in [-0.15, -0.1) is 0 Å². The van der Waals surface area contributed by atoms with Crippen molar-refractivity contribution < 1.29 is 8.83 Å². The van der Waals surface area contributed by atoms with Gasteiger partial charge in [-0.2, -0.15) is 0 Å². The fourth-order valence-electron chi connectivity index (χ4n) is 1.60. The molecule has 0 bridgehead atoms. The summed E-state index contributed by atoms with van der Waals surface area (Å²) < 4.78 is 10.8. The summed E-state index contributed by atoms with van der Waals surface area (Å²) in [6.07, 6.45) is 2.94. The number of halogens is 1. The molecule has 0 amide bonds. The van der Waals surface area contributed by atoms with Crippen molar-refractivity contribution in [2.24, 2.45) is 0 Å². The Morgan fingerprint density at radius 2 is 2.12 bits per heavy atom. The van der Waals surface area contributed by atoms with Gasteiger partial charge in [-0.1, -0.05) is 11.6 Å². The summed E-state index contributed by atoms with van der Waals surface area (Å²) in [6.45, 7) is 1.88. The quantitative estimate of drug-likeness (QED) is 0.605. The zero-order valence-electron chi connectivity index (χ0n) is 8.40. The van der Waals surface area contributed by atoms with Crippen LogP contribution in [-0.4, -0.2) is 9.97 Å². The number of hydrogen-bond donors (Lipinski definition) is 0. The van der Waals surface area contributed by atoms with Crippen LogP contribution < -0.4 is 0 Å². The Bertz CT molecular complexity index is 657. The minimum Gasteiger partial charge on any atom is -0.461 e. The van der Waals surface area contributed by atoms with E-state index in [1.807, 2.05) is 19.1 Å². The van der Waals surface area contributed by atoms with E-state index in [0.29, 0.717) is 22.0 Å². The average molecular weight is 235 g/mol. The van der Waals surface area contributed by atoms with Crippen LogP contribution in [0, 0.1) is 6.92 Å². The van der Waals surface area contributed by atoms with Crippen molar-refractivity contribution in [1.29, 1.82) is 0 Å². The molecule has 0 unspecified atom stereocenters. The summed E-state index contributed by atoms with van der Waals surface area (Å²) in [5.74, 6) is 1.53. The van der Waals surface area contributed by atoms with Crippen molar-refractivity contribution in [2.45, 2.75) is 6.92 Å². The van der Waals surface area contributed by atoms with E-state index >= 15 is 0 Å². The second-order valence-electron chi connectivity index (χ2n) is 3.40. The highest BCUT2D eigenvalue weighted by atomic mass is 35.5. The first-order valence-corrected chi connectivity index (χ1v) is 5.08. The first kappa shape index (κ1) is 9.42. The van der Waals surface area contributed by atoms with Gasteiger partial charge in [-0.25, -0.2) is 9.97 Å². The highest BCUT2D eigenvalue weighted by molar-refractivity contribution is 6.34. The van der Waals surface area contributed by atoms with Gasteiger partial charge in [0.15, 0.2) is 0 Å². The maximum absolute atomic E-state index is 6.01. The summed E-state index contributed by atoms with van der Waals surface area (Å²) in [5.41, 5.74) is 1.23. The predicted molar refractivity (Wildman–Crippen MR) is 59.3 cm³/mol. The van der Waals surface area contributed by atoms with Crippen molar-refractivity contribution >= 4 is 22.7 Å². The Morgan fingerprint density at radius 1 is 1.25 bits per heavy atom. The third-order valence-electron chi connectivity index (χ3n) is 2.33. The molecule has 0 aliphatic carbocycles. The van der Waals surface area contributed by atoms with Crippen LogP contribution >= 0.6 is 11.6 Å². The lowest BCUT2D eigenvalue weighted by atomic mass is 10.2. The zero-order chi connectivity index (χ0) is 11.1. The van der Waals surface area contributed by atoms with Crippen molar-refractivity contribution in [1.82, 2.24) is 9.97 Å². The van der Waals surface area contributed by atoms with Crippen LogP contribution in [0.1, 0.15) is 5.76 Å². The van der Waals surface area contributed by atoms with Gasteiger partial charge in [0.1, 0.15) is 29.3 Å². The smallest absolute Gasteiger partial charge is 0.231 e. The Morgan fingerprint density at radius 3 is 2.88 bits per heavy atom. The molecule has 0 fully saturated rings. The van der Waals surface area contributed by atoms with Crippen LogP contribution in [0.2, 0.25) is 5.15 Å². The molecular weight excluding hydrogens is 228 g/mol. The fourth-order valence-corrected chi connectivity index (χ4v) is 1.83. The lowest BCUT2D eigenvalue weighted by Crippen LogP contribution is -1.80. The maximum Gasteiger partial charge on any atom is 0.231 e. The molecule has 5 heteroatoms. The zero-order valence-corrected chi connectivity index (χ0v) is 9.15. The summed E-state index contributed by atoms with van der Waals surface area (Å²) >= 11 is 6.01. The van der Waals surface area contributed by atoms with E-state index in [9.17, 15) is 0 Å². The molecule has 3 rings (SSSR count). The number of furan rings is 2. The number of nitrogens with zero attached hydrogens (tertiary/aromatic N) is 2. The first-order chi connectivity index (χ1) is 7.75. The van der Waals surface area contributed by atoms with Crippen molar-refractivity contribution in [2.75, 3.05) is 0 Å². The van der Waals surface area contributed by atoms with E-state index < -0.39 is 0 Å². The second kappa shape index (κ2) is 3.35. The molecule has 3 aromatic rings. The van der Waals surface area contributed by atoms with Crippen LogP contribution in [0.5, 0.6) is 0 Å². The largest absolute Gasteiger partial charge is 0.461 e. The van der Waals surface area contributed by atoms with Crippen molar-refractivity contribution in [3.63, 3.8) is 0 Å². The Hall–Kier alpha value is -1.81. The Kier molecular flexibility index (Phi) is 1.97. The number of fused-ring (bicyclic) bond motifs is 1. The molecule has 0 N–H and O–H groups in total. The molecule has 0 aromatic carbocycles. The third-order valence-corrected chi connectivity index (χ3v) is 2.62. The van der Waals surface area contributed by atoms with Crippen LogP contribution in [0.25, 0.3) is 22.4 Å². The summed E-state index contributed by atoms with van der Waals surface area (Å²) in [4.78, 5) is 7.92. The minimum absolute atomic E-state index is 0.364. The molecule has 4 nitrogen and oxygen atoms in total. The van der Waals surface area contributed by atoms with E-state index in [1.54, 1.807) is 6.26 Å². The van der Waals surface area contributed by atoms with Crippen LogP contribution in [0.15, 0.2) is 33.6 Å². The highest BCUT2D eigenvalue weighted by Gasteiger charge is 2.15. The second-order valence-corrected chi connectivity index (χ2v) is 3.76. The number of aromatic nitrogens is 2. The molecule has 16 heavy (non-hydrogen) atoms. The fraction of sp³-hybridized carbons (Fsp3) is 0.0909. The molecule has 0 aliphatic rings. The third kappa shape index (κ3) is 1.31. The number of aryl methyl sites for hydroxylation is 1.